The molecule has 0 unspecified atom stereocenters. The fraction of sp³-hybridized carbons (Fsp3) is 0.364. The quantitative estimate of drug-likeness (QED) is 0.549. The van der Waals surface area contributed by atoms with E-state index in [1.54, 1.807) is 18.3 Å². The standard InChI is InChI=1S/C22H19F3N6O/c1-26-20-21(28-8-7-27-20)30-9-10-31-16(13-30)5-6-18(31)17-12-19(32-29-17)14-3-2-4-15(11-14)22(23,24)25/h2-4,7-8,11-12,16,18H,5-6,9-10,13H2/t16-,18+/m0/s1. The number of piperazine rings is 1. The smallest absolute Gasteiger partial charge is 0.361 e. The summed E-state index contributed by atoms with van der Waals surface area (Å²) in [5, 5.41) is 4.19. The summed E-state index contributed by atoms with van der Waals surface area (Å²) in [4.78, 5) is 16.4. The van der Waals surface area contributed by atoms with Crippen LogP contribution >= 0.6 is 0 Å². The highest BCUT2D eigenvalue weighted by atomic mass is 19.4. The van der Waals surface area contributed by atoms with Gasteiger partial charge in [-0.15, -0.1) is 4.98 Å². The Kier molecular flexibility index (Phi) is 5.06. The van der Waals surface area contributed by atoms with Crippen molar-refractivity contribution in [1.82, 2.24) is 20.0 Å². The number of alkyl halides is 3. The average Bonchev–Trinajstić information content (AvgIpc) is 3.45. The number of rotatable bonds is 3. The van der Waals surface area contributed by atoms with Crippen LogP contribution in [0.4, 0.5) is 24.8 Å². The van der Waals surface area contributed by atoms with Crippen LogP contribution in [0, 0.1) is 6.57 Å². The summed E-state index contributed by atoms with van der Waals surface area (Å²) in [5.74, 6) is 1.24. The van der Waals surface area contributed by atoms with Gasteiger partial charge in [-0.05, 0) is 25.0 Å². The largest absolute Gasteiger partial charge is 0.416 e. The van der Waals surface area contributed by atoms with Crippen molar-refractivity contribution in [2.24, 2.45) is 0 Å². The second kappa shape index (κ2) is 7.91. The molecule has 5 rings (SSSR count). The van der Waals surface area contributed by atoms with Gasteiger partial charge in [-0.2, -0.15) is 13.2 Å². The minimum Gasteiger partial charge on any atom is -0.361 e. The van der Waals surface area contributed by atoms with Crippen molar-refractivity contribution in [3.05, 3.63) is 65.4 Å². The Labute approximate surface area is 182 Å². The molecule has 0 radical (unpaired) electrons. The third kappa shape index (κ3) is 3.69. The Bertz CT molecular complexity index is 1170. The average molecular weight is 440 g/mol. The predicted octanol–water partition coefficient (Wildman–Crippen LogP) is 4.73. The lowest BCUT2D eigenvalue weighted by Crippen LogP contribution is -2.51. The molecule has 10 heteroatoms. The summed E-state index contributed by atoms with van der Waals surface area (Å²) in [5.41, 5.74) is 0.370. The van der Waals surface area contributed by atoms with Crippen LogP contribution in [0.15, 0.2) is 47.2 Å². The third-order valence-electron chi connectivity index (χ3n) is 6.11. The van der Waals surface area contributed by atoms with Crippen LogP contribution in [0.5, 0.6) is 0 Å². The van der Waals surface area contributed by atoms with Crippen molar-refractivity contribution >= 4 is 11.6 Å². The first kappa shape index (κ1) is 20.5. The van der Waals surface area contributed by atoms with Crippen LogP contribution < -0.4 is 4.90 Å². The number of hydrogen-bond acceptors (Lipinski definition) is 6. The summed E-state index contributed by atoms with van der Waals surface area (Å²) in [6.45, 7) is 9.51. The normalized spacial score (nSPS) is 21.4. The van der Waals surface area contributed by atoms with Crippen LogP contribution in [-0.4, -0.2) is 45.7 Å². The maximum Gasteiger partial charge on any atom is 0.416 e. The molecule has 0 spiro atoms. The first-order valence-corrected chi connectivity index (χ1v) is 10.3. The van der Waals surface area contributed by atoms with E-state index in [4.69, 9.17) is 11.1 Å². The fourth-order valence-corrected chi connectivity index (χ4v) is 4.62. The zero-order chi connectivity index (χ0) is 22.3. The summed E-state index contributed by atoms with van der Waals surface area (Å²) in [6.07, 6.45) is 0.529. The maximum absolute atomic E-state index is 13.0. The third-order valence-corrected chi connectivity index (χ3v) is 6.11. The number of anilines is 1. The molecular weight excluding hydrogens is 421 g/mol. The topological polar surface area (TPSA) is 62.7 Å². The van der Waals surface area contributed by atoms with Gasteiger partial charge in [0.15, 0.2) is 11.6 Å². The number of hydrogen-bond donors (Lipinski definition) is 0. The molecule has 0 aliphatic carbocycles. The lowest BCUT2D eigenvalue weighted by Gasteiger charge is -2.40. The molecule has 0 bridgehead atoms. The van der Waals surface area contributed by atoms with Crippen LogP contribution in [0.25, 0.3) is 16.2 Å². The molecule has 1 aromatic carbocycles. The van der Waals surface area contributed by atoms with E-state index in [1.165, 1.54) is 12.3 Å². The van der Waals surface area contributed by atoms with Gasteiger partial charge in [0.2, 0.25) is 0 Å². The van der Waals surface area contributed by atoms with E-state index in [-0.39, 0.29) is 12.1 Å². The second-order valence-corrected chi connectivity index (χ2v) is 7.94. The van der Waals surface area contributed by atoms with E-state index in [0.29, 0.717) is 29.5 Å². The van der Waals surface area contributed by atoms with E-state index >= 15 is 0 Å². The molecule has 2 aliphatic rings. The molecule has 3 aromatic rings. The van der Waals surface area contributed by atoms with E-state index < -0.39 is 11.7 Å². The van der Waals surface area contributed by atoms with Crippen molar-refractivity contribution in [3.8, 4) is 11.3 Å². The molecule has 2 aromatic heterocycles. The molecule has 2 saturated heterocycles. The molecule has 164 valence electrons. The first-order valence-electron chi connectivity index (χ1n) is 10.3. The molecule has 4 heterocycles. The molecule has 7 nitrogen and oxygen atoms in total. The van der Waals surface area contributed by atoms with Crippen molar-refractivity contribution < 1.29 is 17.7 Å². The fourth-order valence-electron chi connectivity index (χ4n) is 4.62. The number of halogens is 3. The lowest BCUT2D eigenvalue weighted by atomic mass is 10.1. The van der Waals surface area contributed by atoms with Gasteiger partial charge >= 0.3 is 12.0 Å². The Morgan fingerprint density at radius 2 is 1.94 bits per heavy atom. The molecule has 2 atom stereocenters. The molecule has 0 saturated carbocycles. The summed E-state index contributed by atoms with van der Waals surface area (Å²) in [6, 6.07) is 7.14. The Hall–Kier alpha value is -3.45. The van der Waals surface area contributed by atoms with Crippen molar-refractivity contribution in [3.63, 3.8) is 0 Å². The van der Waals surface area contributed by atoms with E-state index in [9.17, 15) is 13.2 Å². The molecule has 2 fully saturated rings. The zero-order valence-electron chi connectivity index (χ0n) is 17.0. The Morgan fingerprint density at radius 1 is 1.09 bits per heavy atom. The number of nitrogens with zero attached hydrogens (tertiary/aromatic N) is 6. The predicted molar refractivity (Wildman–Crippen MR) is 110 cm³/mol. The van der Waals surface area contributed by atoms with Gasteiger partial charge in [-0.1, -0.05) is 23.9 Å². The highest BCUT2D eigenvalue weighted by Gasteiger charge is 2.40. The second-order valence-electron chi connectivity index (χ2n) is 7.94. The highest BCUT2D eigenvalue weighted by Crippen LogP contribution is 2.40. The molecule has 32 heavy (non-hydrogen) atoms. The van der Waals surface area contributed by atoms with Gasteiger partial charge in [0.05, 0.1) is 17.8 Å². The van der Waals surface area contributed by atoms with E-state index in [1.807, 2.05) is 0 Å². The van der Waals surface area contributed by atoms with Crippen molar-refractivity contribution in [2.45, 2.75) is 31.1 Å². The molecule has 0 N–H and O–H groups in total. The number of fused-ring (bicyclic) bond motifs is 1. The van der Waals surface area contributed by atoms with Crippen LogP contribution in [-0.2, 0) is 6.18 Å². The zero-order valence-corrected chi connectivity index (χ0v) is 17.0. The van der Waals surface area contributed by atoms with Gasteiger partial charge in [-0.25, -0.2) is 4.98 Å². The first-order chi connectivity index (χ1) is 15.4. The summed E-state index contributed by atoms with van der Waals surface area (Å²) >= 11 is 0. The Balaban J connectivity index is 1.33. The maximum atomic E-state index is 13.0. The van der Waals surface area contributed by atoms with Gasteiger partial charge in [0.25, 0.3) is 0 Å². The van der Waals surface area contributed by atoms with Gasteiger partial charge in [0.1, 0.15) is 11.9 Å². The summed E-state index contributed by atoms with van der Waals surface area (Å²) < 4.78 is 44.5. The van der Waals surface area contributed by atoms with Crippen LogP contribution in [0.3, 0.4) is 0 Å². The molecule has 2 aliphatic heterocycles. The molecular formula is C22H19F3N6O. The number of benzene rings is 1. The van der Waals surface area contributed by atoms with Crippen LogP contribution in [0.2, 0.25) is 0 Å². The lowest BCUT2D eigenvalue weighted by molar-refractivity contribution is -0.137. The highest BCUT2D eigenvalue weighted by molar-refractivity contribution is 5.62. The van der Waals surface area contributed by atoms with Crippen molar-refractivity contribution in [2.75, 3.05) is 24.5 Å². The van der Waals surface area contributed by atoms with E-state index in [2.05, 4.69) is 29.8 Å². The Morgan fingerprint density at radius 3 is 2.75 bits per heavy atom. The van der Waals surface area contributed by atoms with Gasteiger partial charge < -0.3 is 14.3 Å². The van der Waals surface area contributed by atoms with Crippen molar-refractivity contribution in [1.29, 1.82) is 0 Å². The monoisotopic (exact) mass is 440 g/mol. The minimum atomic E-state index is -4.41. The van der Waals surface area contributed by atoms with E-state index in [0.717, 1.165) is 43.8 Å². The summed E-state index contributed by atoms with van der Waals surface area (Å²) in [7, 11) is 0. The molecule has 0 amide bonds. The van der Waals surface area contributed by atoms with Gasteiger partial charge in [-0.3, -0.25) is 4.90 Å². The number of aromatic nitrogens is 3. The SMILES string of the molecule is [C-]#[N+]c1nccnc1N1CCN2[C@@H](CC[C@@H]2c2cc(-c3cccc(C(F)(F)F)c3)on2)C1. The van der Waals surface area contributed by atoms with Gasteiger partial charge in [0, 0.05) is 37.3 Å². The minimum absolute atomic E-state index is 0.0487. The van der Waals surface area contributed by atoms with Crippen LogP contribution in [0.1, 0.15) is 30.1 Å².